The van der Waals surface area contributed by atoms with E-state index in [1.54, 1.807) is 11.3 Å². The molecule has 2 N–H and O–H groups in total. The molecular weight excluding hydrogens is 282 g/mol. The zero-order valence-corrected chi connectivity index (χ0v) is 13.3. The smallest absolute Gasteiger partial charge is 0.185 e. The van der Waals surface area contributed by atoms with Gasteiger partial charge in [-0.05, 0) is 0 Å². The largest absolute Gasteiger partial charge is 0.346 e. The van der Waals surface area contributed by atoms with Crippen LogP contribution in [0, 0.1) is 0 Å². The summed E-state index contributed by atoms with van der Waals surface area (Å²) in [7, 11) is -2.85. The number of hydrogen-bond acceptors (Lipinski definition) is 6. The molecule has 0 aromatic carbocycles. The van der Waals surface area contributed by atoms with Gasteiger partial charge in [0.05, 0.1) is 17.2 Å². The summed E-state index contributed by atoms with van der Waals surface area (Å²) in [6.45, 7) is 7.90. The van der Waals surface area contributed by atoms with Gasteiger partial charge in [0.25, 0.3) is 0 Å². The molecule has 1 saturated heterocycles. The molecule has 2 rings (SSSR count). The quantitative estimate of drug-likeness (QED) is 0.886. The maximum absolute atomic E-state index is 11.5. The van der Waals surface area contributed by atoms with Gasteiger partial charge in [-0.15, -0.1) is 11.3 Å². The third kappa shape index (κ3) is 3.27. The molecule has 1 aliphatic heterocycles. The van der Waals surface area contributed by atoms with Crippen molar-refractivity contribution in [3.63, 3.8) is 0 Å². The minimum absolute atomic E-state index is 0.0364. The van der Waals surface area contributed by atoms with Crippen LogP contribution in [-0.4, -0.2) is 38.0 Å². The molecule has 0 unspecified atom stereocenters. The van der Waals surface area contributed by atoms with Crippen LogP contribution >= 0.6 is 11.3 Å². The zero-order valence-electron chi connectivity index (χ0n) is 11.6. The van der Waals surface area contributed by atoms with Crippen molar-refractivity contribution in [2.45, 2.75) is 32.7 Å². The van der Waals surface area contributed by atoms with Crippen LogP contribution in [0.2, 0.25) is 0 Å². The highest BCUT2D eigenvalue weighted by molar-refractivity contribution is 7.91. The number of rotatable bonds is 2. The Bertz CT molecular complexity index is 544. The van der Waals surface area contributed by atoms with Crippen LogP contribution in [0.4, 0.5) is 5.13 Å². The SMILES string of the molecule is CC(C)(C)c1nc(N2CCS(=O)(=O)CC2)sc1CN. The molecule has 1 aromatic heterocycles. The van der Waals surface area contributed by atoms with Gasteiger partial charge in [-0.3, -0.25) is 0 Å². The van der Waals surface area contributed by atoms with Crippen LogP contribution in [-0.2, 0) is 21.8 Å². The Balaban J connectivity index is 2.25. The van der Waals surface area contributed by atoms with E-state index in [-0.39, 0.29) is 16.9 Å². The molecule has 0 radical (unpaired) electrons. The molecule has 0 saturated carbocycles. The summed E-state index contributed by atoms with van der Waals surface area (Å²) < 4.78 is 22.9. The third-order valence-electron chi connectivity index (χ3n) is 3.20. The van der Waals surface area contributed by atoms with E-state index in [1.807, 2.05) is 0 Å². The van der Waals surface area contributed by atoms with E-state index in [4.69, 9.17) is 10.7 Å². The van der Waals surface area contributed by atoms with Crippen molar-refractivity contribution in [3.05, 3.63) is 10.6 Å². The first-order chi connectivity index (χ1) is 8.73. The molecule has 0 amide bonds. The van der Waals surface area contributed by atoms with E-state index >= 15 is 0 Å². The van der Waals surface area contributed by atoms with Crippen LogP contribution in [0.3, 0.4) is 0 Å². The van der Waals surface area contributed by atoms with E-state index in [9.17, 15) is 8.42 Å². The van der Waals surface area contributed by atoms with Crippen LogP contribution in [0.5, 0.6) is 0 Å². The summed E-state index contributed by atoms with van der Waals surface area (Å²) in [6, 6.07) is 0. The van der Waals surface area contributed by atoms with Crippen molar-refractivity contribution in [1.82, 2.24) is 4.98 Å². The molecule has 0 spiro atoms. The first-order valence-corrected chi connectivity index (χ1v) is 9.02. The Kier molecular flexibility index (Phi) is 3.90. The second-order valence-electron chi connectivity index (χ2n) is 5.86. The van der Waals surface area contributed by atoms with Gasteiger partial charge in [-0.2, -0.15) is 0 Å². The highest BCUT2D eigenvalue weighted by atomic mass is 32.2. The molecule has 7 heteroatoms. The predicted octanol–water partition coefficient (Wildman–Crippen LogP) is 1.13. The number of nitrogens with two attached hydrogens (primary N) is 1. The van der Waals surface area contributed by atoms with Crippen molar-refractivity contribution >= 4 is 26.3 Å². The summed E-state index contributed by atoms with van der Waals surface area (Å²) >= 11 is 1.59. The Morgan fingerprint density at radius 1 is 1.32 bits per heavy atom. The summed E-state index contributed by atoms with van der Waals surface area (Å²) in [5.74, 6) is 0.435. The molecule has 0 bridgehead atoms. The molecule has 2 heterocycles. The van der Waals surface area contributed by atoms with Gasteiger partial charge >= 0.3 is 0 Å². The Hall–Kier alpha value is -0.660. The van der Waals surface area contributed by atoms with Gasteiger partial charge in [0, 0.05) is 29.9 Å². The maximum atomic E-state index is 11.5. The second-order valence-corrected chi connectivity index (χ2v) is 9.23. The topological polar surface area (TPSA) is 76.3 Å². The van der Waals surface area contributed by atoms with Crippen LogP contribution < -0.4 is 10.6 Å². The first-order valence-electron chi connectivity index (χ1n) is 6.38. The van der Waals surface area contributed by atoms with Crippen molar-refractivity contribution in [2.24, 2.45) is 5.73 Å². The summed E-state index contributed by atoms with van der Waals surface area (Å²) in [6.07, 6.45) is 0. The number of hydrogen-bond donors (Lipinski definition) is 1. The van der Waals surface area contributed by atoms with E-state index in [0.717, 1.165) is 15.7 Å². The van der Waals surface area contributed by atoms with Gasteiger partial charge in [0.1, 0.15) is 0 Å². The average molecular weight is 303 g/mol. The third-order valence-corrected chi connectivity index (χ3v) is 5.94. The maximum Gasteiger partial charge on any atom is 0.185 e. The minimum Gasteiger partial charge on any atom is -0.346 e. The molecule has 1 aliphatic rings. The molecule has 5 nitrogen and oxygen atoms in total. The first kappa shape index (κ1) is 14.7. The minimum atomic E-state index is -2.85. The van der Waals surface area contributed by atoms with Crippen LogP contribution in [0.25, 0.3) is 0 Å². The Morgan fingerprint density at radius 2 is 1.89 bits per heavy atom. The standard InChI is InChI=1S/C12H21N3O2S2/c1-12(2,3)10-9(8-13)18-11(14-10)15-4-6-19(16,17)7-5-15/h4-8,13H2,1-3H3. The van der Waals surface area contributed by atoms with Gasteiger partial charge in [-0.1, -0.05) is 20.8 Å². The molecule has 1 fully saturated rings. The summed E-state index contributed by atoms with van der Waals surface area (Å²) in [5, 5.41) is 0.903. The van der Waals surface area contributed by atoms with Gasteiger partial charge < -0.3 is 10.6 Å². The van der Waals surface area contributed by atoms with Gasteiger partial charge in [0.2, 0.25) is 0 Å². The van der Waals surface area contributed by atoms with Crippen molar-refractivity contribution in [2.75, 3.05) is 29.5 Å². The molecule has 19 heavy (non-hydrogen) atoms. The van der Waals surface area contributed by atoms with Gasteiger partial charge in [0.15, 0.2) is 15.0 Å². The van der Waals surface area contributed by atoms with Crippen LogP contribution in [0.1, 0.15) is 31.3 Å². The molecular formula is C12H21N3O2S2. The molecule has 0 atom stereocenters. The fourth-order valence-electron chi connectivity index (χ4n) is 2.10. The highest BCUT2D eigenvalue weighted by Gasteiger charge is 2.27. The lowest BCUT2D eigenvalue weighted by molar-refractivity contribution is 0.564. The lowest BCUT2D eigenvalue weighted by atomic mass is 9.91. The Labute approximate surface area is 118 Å². The lowest BCUT2D eigenvalue weighted by Gasteiger charge is -2.26. The normalized spacial score (nSPS) is 19.7. The van der Waals surface area contributed by atoms with E-state index in [0.29, 0.717) is 19.6 Å². The fraction of sp³-hybridized carbons (Fsp3) is 0.750. The van der Waals surface area contributed by atoms with E-state index in [2.05, 4.69) is 25.7 Å². The van der Waals surface area contributed by atoms with Crippen molar-refractivity contribution in [3.8, 4) is 0 Å². The number of thiazole rings is 1. The van der Waals surface area contributed by atoms with Crippen molar-refractivity contribution < 1.29 is 8.42 Å². The average Bonchev–Trinajstić information content (AvgIpc) is 2.72. The van der Waals surface area contributed by atoms with Crippen LogP contribution in [0.15, 0.2) is 0 Å². The monoisotopic (exact) mass is 303 g/mol. The van der Waals surface area contributed by atoms with Gasteiger partial charge in [-0.25, -0.2) is 13.4 Å². The molecule has 1 aromatic rings. The summed E-state index contributed by atoms with van der Waals surface area (Å²) in [4.78, 5) is 7.84. The fourth-order valence-corrected chi connectivity index (χ4v) is 4.50. The molecule has 108 valence electrons. The number of anilines is 1. The van der Waals surface area contributed by atoms with Crippen molar-refractivity contribution in [1.29, 1.82) is 0 Å². The number of sulfone groups is 1. The molecule has 0 aliphatic carbocycles. The zero-order chi connectivity index (χ0) is 14.3. The second kappa shape index (κ2) is 5.03. The Morgan fingerprint density at radius 3 is 2.32 bits per heavy atom. The number of aromatic nitrogens is 1. The highest BCUT2D eigenvalue weighted by Crippen LogP contribution is 2.34. The van der Waals surface area contributed by atoms with E-state index < -0.39 is 9.84 Å². The predicted molar refractivity (Wildman–Crippen MR) is 79.6 cm³/mol. The van der Waals surface area contributed by atoms with E-state index in [1.165, 1.54) is 0 Å². The lowest BCUT2D eigenvalue weighted by Crippen LogP contribution is -2.40. The number of nitrogens with zero attached hydrogens (tertiary/aromatic N) is 2. The summed E-state index contributed by atoms with van der Waals surface area (Å²) in [5.41, 5.74) is 6.78.